The van der Waals surface area contributed by atoms with Gasteiger partial charge < -0.3 is 10.3 Å². The number of hydrazine groups is 1. The van der Waals surface area contributed by atoms with Gasteiger partial charge in [0.1, 0.15) is 11.6 Å². The summed E-state index contributed by atoms with van der Waals surface area (Å²) in [4.78, 5) is 11.5. The molecule has 1 fully saturated rings. The van der Waals surface area contributed by atoms with Gasteiger partial charge in [-0.05, 0) is 19.8 Å². The van der Waals surface area contributed by atoms with Gasteiger partial charge in [-0.1, -0.05) is 30.3 Å². The molecule has 1 unspecified atom stereocenters. The zero-order valence-corrected chi connectivity index (χ0v) is 11.6. The van der Waals surface area contributed by atoms with Crippen molar-refractivity contribution < 1.29 is 0 Å². The topological polar surface area (TPSA) is 67.1 Å². The third-order valence-electron chi connectivity index (χ3n) is 3.74. The normalized spacial score (nSPS) is 18.3. The Labute approximate surface area is 118 Å². The number of rotatable bonds is 3. The zero-order chi connectivity index (χ0) is 13.9. The first kappa shape index (κ1) is 12.9. The number of hydrogen-bond donors (Lipinski definition) is 2. The van der Waals surface area contributed by atoms with E-state index in [1.165, 1.54) is 12.8 Å². The smallest absolute Gasteiger partial charge is 0.163 e. The molecule has 2 heterocycles. The van der Waals surface area contributed by atoms with Crippen LogP contribution < -0.4 is 16.2 Å². The average Bonchev–Trinajstić information content (AvgIpc) is 2.94. The molecular formula is C15H19N5. The maximum atomic E-state index is 5.54. The molecule has 0 radical (unpaired) electrons. The molecule has 5 heteroatoms. The Morgan fingerprint density at radius 2 is 2.05 bits per heavy atom. The molecule has 1 atom stereocenters. The monoisotopic (exact) mass is 269 g/mol. The van der Waals surface area contributed by atoms with Gasteiger partial charge in [0.25, 0.3) is 0 Å². The lowest BCUT2D eigenvalue weighted by molar-refractivity contribution is 0.726. The highest BCUT2D eigenvalue weighted by Crippen LogP contribution is 2.27. The van der Waals surface area contributed by atoms with Crippen LogP contribution in [0.5, 0.6) is 0 Å². The first-order chi connectivity index (χ1) is 9.78. The van der Waals surface area contributed by atoms with Gasteiger partial charge in [-0.2, -0.15) is 0 Å². The molecule has 0 aliphatic carbocycles. The highest BCUT2D eigenvalue weighted by atomic mass is 15.3. The largest absolute Gasteiger partial charge is 0.354 e. The minimum atomic E-state index is 0.513. The Morgan fingerprint density at radius 3 is 2.70 bits per heavy atom. The second-order valence-electron chi connectivity index (χ2n) is 5.13. The van der Waals surface area contributed by atoms with Crippen molar-refractivity contribution in [1.29, 1.82) is 0 Å². The van der Waals surface area contributed by atoms with Crippen molar-refractivity contribution in [3.8, 4) is 11.4 Å². The SMILES string of the molecule is CC1CCCN1c1cc(NN)nc(-c2ccccc2)n1. The van der Waals surface area contributed by atoms with E-state index < -0.39 is 0 Å². The van der Waals surface area contributed by atoms with E-state index in [0.717, 1.165) is 17.9 Å². The van der Waals surface area contributed by atoms with Gasteiger partial charge >= 0.3 is 0 Å². The van der Waals surface area contributed by atoms with E-state index in [-0.39, 0.29) is 0 Å². The lowest BCUT2D eigenvalue weighted by atomic mass is 10.2. The quantitative estimate of drug-likeness (QED) is 0.661. The molecule has 20 heavy (non-hydrogen) atoms. The van der Waals surface area contributed by atoms with Crippen molar-refractivity contribution in [2.45, 2.75) is 25.8 Å². The number of hydrogen-bond acceptors (Lipinski definition) is 5. The minimum Gasteiger partial charge on any atom is -0.354 e. The summed E-state index contributed by atoms with van der Waals surface area (Å²) in [7, 11) is 0. The molecule has 1 saturated heterocycles. The first-order valence-corrected chi connectivity index (χ1v) is 6.95. The highest BCUT2D eigenvalue weighted by Gasteiger charge is 2.22. The molecular weight excluding hydrogens is 250 g/mol. The first-order valence-electron chi connectivity index (χ1n) is 6.95. The molecule has 104 valence electrons. The van der Waals surface area contributed by atoms with Crippen LogP contribution in [0.15, 0.2) is 36.4 Å². The fourth-order valence-corrected chi connectivity index (χ4v) is 2.65. The Kier molecular flexibility index (Phi) is 3.52. The predicted molar refractivity (Wildman–Crippen MR) is 81.3 cm³/mol. The number of aromatic nitrogens is 2. The van der Waals surface area contributed by atoms with Gasteiger partial charge in [0.05, 0.1) is 0 Å². The van der Waals surface area contributed by atoms with Crippen molar-refractivity contribution >= 4 is 11.6 Å². The van der Waals surface area contributed by atoms with Gasteiger partial charge in [-0.25, -0.2) is 15.8 Å². The second kappa shape index (κ2) is 5.46. The number of anilines is 2. The third-order valence-corrected chi connectivity index (χ3v) is 3.74. The van der Waals surface area contributed by atoms with Crippen molar-refractivity contribution in [1.82, 2.24) is 9.97 Å². The minimum absolute atomic E-state index is 0.513. The van der Waals surface area contributed by atoms with Crippen molar-refractivity contribution in [3.05, 3.63) is 36.4 Å². The Balaban J connectivity index is 2.03. The molecule has 0 amide bonds. The summed E-state index contributed by atoms with van der Waals surface area (Å²) in [5.74, 6) is 7.83. The number of nitrogen functional groups attached to an aromatic ring is 1. The van der Waals surface area contributed by atoms with E-state index in [1.54, 1.807) is 0 Å². The van der Waals surface area contributed by atoms with E-state index in [2.05, 4.69) is 22.2 Å². The summed E-state index contributed by atoms with van der Waals surface area (Å²) in [6, 6.07) is 12.4. The Morgan fingerprint density at radius 1 is 1.25 bits per heavy atom. The van der Waals surface area contributed by atoms with E-state index in [9.17, 15) is 0 Å². The van der Waals surface area contributed by atoms with Crippen LogP contribution in [-0.2, 0) is 0 Å². The van der Waals surface area contributed by atoms with E-state index in [1.807, 2.05) is 36.4 Å². The molecule has 0 saturated carbocycles. The molecule has 5 nitrogen and oxygen atoms in total. The van der Waals surface area contributed by atoms with E-state index in [0.29, 0.717) is 17.7 Å². The average molecular weight is 269 g/mol. The third kappa shape index (κ3) is 2.44. The molecule has 1 aromatic heterocycles. The number of nitrogens with zero attached hydrogens (tertiary/aromatic N) is 3. The van der Waals surface area contributed by atoms with Crippen LogP contribution in [0.25, 0.3) is 11.4 Å². The summed E-state index contributed by atoms with van der Waals surface area (Å²) in [5, 5.41) is 0. The van der Waals surface area contributed by atoms with E-state index in [4.69, 9.17) is 10.8 Å². The predicted octanol–water partition coefficient (Wildman–Crippen LogP) is 2.42. The van der Waals surface area contributed by atoms with Crippen LogP contribution in [0.1, 0.15) is 19.8 Å². The lowest BCUT2D eigenvalue weighted by Crippen LogP contribution is -2.27. The van der Waals surface area contributed by atoms with Gasteiger partial charge in [0, 0.05) is 24.2 Å². The molecule has 0 bridgehead atoms. The zero-order valence-electron chi connectivity index (χ0n) is 11.6. The maximum absolute atomic E-state index is 5.54. The summed E-state index contributed by atoms with van der Waals surface area (Å²) in [6.45, 7) is 3.27. The number of benzene rings is 1. The highest BCUT2D eigenvalue weighted by molar-refractivity contribution is 5.61. The molecule has 1 aromatic carbocycles. The fraction of sp³-hybridized carbons (Fsp3) is 0.333. The Hall–Kier alpha value is -2.14. The van der Waals surface area contributed by atoms with Crippen LogP contribution >= 0.6 is 0 Å². The molecule has 3 N–H and O–H groups in total. The maximum Gasteiger partial charge on any atom is 0.163 e. The van der Waals surface area contributed by atoms with Crippen molar-refractivity contribution in [2.75, 3.05) is 16.9 Å². The number of nitrogens with one attached hydrogen (secondary N) is 1. The molecule has 1 aliphatic heterocycles. The van der Waals surface area contributed by atoms with Crippen LogP contribution in [-0.4, -0.2) is 22.6 Å². The standard InChI is InChI=1S/C15H19N5/c1-11-6-5-9-20(11)14-10-13(19-16)17-15(18-14)12-7-3-2-4-8-12/h2-4,7-8,10-11H,5-6,9,16H2,1H3,(H,17,18,19). The fourth-order valence-electron chi connectivity index (χ4n) is 2.65. The number of nitrogens with two attached hydrogens (primary N) is 1. The summed E-state index contributed by atoms with van der Waals surface area (Å²) in [6.07, 6.45) is 2.41. The second-order valence-corrected chi connectivity index (χ2v) is 5.13. The van der Waals surface area contributed by atoms with Crippen LogP contribution in [0.2, 0.25) is 0 Å². The molecule has 3 rings (SSSR count). The molecule has 2 aromatic rings. The van der Waals surface area contributed by atoms with Gasteiger partial charge in [0.15, 0.2) is 5.82 Å². The summed E-state index contributed by atoms with van der Waals surface area (Å²) in [5.41, 5.74) is 3.64. The lowest BCUT2D eigenvalue weighted by Gasteiger charge is -2.23. The van der Waals surface area contributed by atoms with E-state index >= 15 is 0 Å². The van der Waals surface area contributed by atoms with Gasteiger partial charge in [-0.3, -0.25) is 0 Å². The van der Waals surface area contributed by atoms with Crippen LogP contribution in [0.4, 0.5) is 11.6 Å². The molecule has 0 spiro atoms. The summed E-state index contributed by atoms with van der Waals surface area (Å²) < 4.78 is 0. The van der Waals surface area contributed by atoms with Gasteiger partial charge in [0.2, 0.25) is 0 Å². The van der Waals surface area contributed by atoms with Crippen LogP contribution in [0.3, 0.4) is 0 Å². The van der Waals surface area contributed by atoms with Crippen molar-refractivity contribution in [2.24, 2.45) is 5.84 Å². The molecule has 1 aliphatic rings. The summed E-state index contributed by atoms with van der Waals surface area (Å²) >= 11 is 0. The van der Waals surface area contributed by atoms with Crippen molar-refractivity contribution in [3.63, 3.8) is 0 Å². The van der Waals surface area contributed by atoms with Gasteiger partial charge in [-0.15, -0.1) is 0 Å². The Bertz CT molecular complexity index is 584. The van der Waals surface area contributed by atoms with Crippen LogP contribution in [0, 0.1) is 0 Å².